The molecule has 2 aromatic rings. The number of halogens is 1. The van der Waals surface area contributed by atoms with Gasteiger partial charge in [0.25, 0.3) is 0 Å². The van der Waals surface area contributed by atoms with Gasteiger partial charge in [0.15, 0.2) is 0 Å². The van der Waals surface area contributed by atoms with Crippen molar-refractivity contribution in [3.8, 4) is 0 Å². The van der Waals surface area contributed by atoms with Crippen LogP contribution in [0.15, 0.2) is 58.8 Å². The summed E-state index contributed by atoms with van der Waals surface area (Å²) in [5, 5.41) is 9.26. The first-order chi connectivity index (χ1) is 10.7. The molecule has 1 aliphatic heterocycles. The SMILES string of the molecule is COC(=O)c1ccc(C2CN=NC2c2ccc(Cl)cc2)cc1. The van der Waals surface area contributed by atoms with Crippen LogP contribution < -0.4 is 0 Å². The van der Waals surface area contributed by atoms with Gasteiger partial charge < -0.3 is 4.74 Å². The fourth-order valence-electron chi connectivity index (χ4n) is 2.63. The monoisotopic (exact) mass is 314 g/mol. The summed E-state index contributed by atoms with van der Waals surface area (Å²) in [6, 6.07) is 15.1. The van der Waals surface area contributed by atoms with Crippen LogP contribution in [0.5, 0.6) is 0 Å². The van der Waals surface area contributed by atoms with Gasteiger partial charge >= 0.3 is 5.97 Å². The zero-order valence-corrected chi connectivity index (χ0v) is 12.8. The molecule has 4 nitrogen and oxygen atoms in total. The van der Waals surface area contributed by atoms with Gasteiger partial charge in [-0.15, -0.1) is 0 Å². The Balaban J connectivity index is 1.84. The lowest BCUT2D eigenvalue weighted by Gasteiger charge is -2.17. The molecule has 5 heteroatoms. The second-order valence-electron chi connectivity index (χ2n) is 5.16. The van der Waals surface area contributed by atoms with Crippen LogP contribution in [-0.4, -0.2) is 19.6 Å². The first-order valence-electron chi connectivity index (χ1n) is 6.99. The minimum absolute atomic E-state index is 0.0127. The Morgan fingerprint density at radius 2 is 1.73 bits per heavy atom. The van der Waals surface area contributed by atoms with Crippen LogP contribution >= 0.6 is 11.6 Å². The zero-order valence-electron chi connectivity index (χ0n) is 12.1. The summed E-state index contributed by atoms with van der Waals surface area (Å²) in [7, 11) is 1.38. The average molecular weight is 315 g/mol. The van der Waals surface area contributed by atoms with Crippen molar-refractivity contribution in [1.82, 2.24) is 0 Å². The molecular weight excluding hydrogens is 300 g/mol. The summed E-state index contributed by atoms with van der Waals surface area (Å²) in [5.74, 6) is -0.158. The molecule has 0 bridgehead atoms. The Morgan fingerprint density at radius 1 is 1.09 bits per heavy atom. The van der Waals surface area contributed by atoms with Gasteiger partial charge in [-0.1, -0.05) is 35.9 Å². The highest BCUT2D eigenvalue weighted by molar-refractivity contribution is 6.30. The first kappa shape index (κ1) is 14.7. The van der Waals surface area contributed by atoms with Crippen LogP contribution in [0.4, 0.5) is 0 Å². The molecule has 1 aliphatic rings. The molecule has 0 spiro atoms. The smallest absolute Gasteiger partial charge is 0.337 e. The number of carbonyl (C=O) groups is 1. The van der Waals surface area contributed by atoms with Crippen molar-refractivity contribution in [1.29, 1.82) is 0 Å². The predicted octanol–water partition coefficient (Wildman–Crippen LogP) is 4.42. The maximum Gasteiger partial charge on any atom is 0.337 e. The maximum absolute atomic E-state index is 11.5. The fourth-order valence-corrected chi connectivity index (χ4v) is 2.76. The average Bonchev–Trinajstić information content (AvgIpc) is 3.04. The molecule has 0 saturated heterocycles. The number of ether oxygens (including phenoxy) is 1. The molecule has 1 heterocycles. The Hall–Kier alpha value is -2.20. The number of benzene rings is 2. The lowest BCUT2D eigenvalue weighted by molar-refractivity contribution is 0.0600. The highest BCUT2D eigenvalue weighted by atomic mass is 35.5. The molecule has 2 atom stereocenters. The van der Waals surface area contributed by atoms with Gasteiger partial charge in [0.2, 0.25) is 0 Å². The zero-order chi connectivity index (χ0) is 15.5. The van der Waals surface area contributed by atoms with Crippen molar-refractivity contribution in [2.45, 2.75) is 12.0 Å². The number of esters is 1. The number of methoxy groups -OCH3 is 1. The normalized spacial score (nSPS) is 20.1. The first-order valence-corrected chi connectivity index (χ1v) is 7.37. The third-order valence-corrected chi connectivity index (χ3v) is 4.09. The molecule has 112 valence electrons. The van der Waals surface area contributed by atoms with Gasteiger partial charge in [-0.2, -0.15) is 10.2 Å². The summed E-state index contributed by atoms with van der Waals surface area (Å²) in [5.41, 5.74) is 2.74. The van der Waals surface area contributed by atoms with E-state index in [1.807, 2.05) is 36.4 Å². The van der Waals surface area contributed by atoms with E-state index in [1.165, 1.54) is 7.11 Å². The molecule has 2 unspecified atom stereocenters. The summed E-state index contributed by atoms with van der Waals surface area (Å²) >= 11 is 5.93. The highest BCUT2D eigenvalue weighted by Crippen LogP contribution is 2.39. The number of carbonyl (C=O) groups excluding carboxylic acids is 1. The number of hydrogen-bond acceptors (Lipinski definition) is 4. The topological polar surface area (TPSA) is 51.0 Å². The van der Waals surface area contributed by atoms with Gasteiger partial charge in [0, 0.05) is 10.9 Å². The van der Waals surface area contributed by atoms with E-state index in [4.69, 9.17) is 16.3 Å². The molecule has 0 fully saturated rings. The summed E-state index contributed by atoms with van der Waals surface area (Å²) in [6.45, 7) is 0.644. The van der Waals surface area contributed by atoms with Crippen LogP contribution in [-0.2, 0) is 4.74 Å². The van der Waals surface area contributed by atoms with Crippen molar-refractivity contribution in [3.05, 3.63) is 70.2 Å². The van der Waals surface area contributed by atoms with Crippen molar-refractivity contribution in [3.63, 3.8) is 0 Å². The standard InChI is InChI=1S/C17H15ClN2O2/c1-22-17(21)13-4-2-11(3-5-13)15-10-19-20-16(15)12-6-8-14(18)9-7-12/h2-9,15-16H,10H2,1H3. The Bertz CT molecular complexity index is 696. The van der Waals surface area contributed by atoms with E-state index in [1.54, 1.807) is 12.1 Å². The molecule has 0 aliphatic carbocycles. The van der Waals surface area contributed by atoms with E-state index in [-0.39, 0.29) is 17.9 Å². The van der Waals surface area contributed by atoms with Gasteiger partial charge in [-0.25, -0.2) is 4.79 Å². The number of hydrogen-bond donors (Lipinski definition) is 0. The van der Waals surface area contributed by atoms with Crippen molar-refractivity contribution < 1.29 is 9.53 Å². The fraction of sp³-hybridized carbons (Fsp3) is 0.235. The van der Waals surface area contributed by atoms with Crippen LogP contribution in [0.1, 0.15) is 33.4 Å². The lowest BCUT2D eigenvalue weighted by Crippen LogP contribution is -2.08. The molecule has 3 rings (SSSR count). The van der Waals surface area contributed by atoms with Gasteiger partial charge in [0.05, 0.1) is 19.2 Å². The van der Waals surface area contributed by atoms with Crippen LogP contribution in [0.3, 0.4) is 0 Å². The van der Waals surface area contributed by atoms with E-state index in [2.05, 4.69) is 10.2 Å². The van der Waals surface area contributed by atoms with Gasteiger partial charge in [-0.05, 0) is 35.4 Å². The quantitative estimate of drug-likeness (QED) is 0.787. The Morgan fingerprint density at radius 3 is 2.36 bits per heavy atom. The number of rotatable bonds is 3. The molecule has 0 aromatic heterocycles. The Kier molecular flexibility index (Phi) is 4.20. The molecule has 0 amide bonds. The highest BCUT2D eigenvalue weighted by Gasteiger charge is 2.29. The Labute approximate surface area is 133 Å². The molecular formula is C17H15ClN2O2. The molecule has 0 saturated carbocycles. The van der Waals surface area contributed by atoms with Crippen LogP contribution in [0, 0.1) is 0 Å². The van der Waals surface area contributed by atoms with Crippen molar-refractivity contribution in [2.24, 2.45) is 10.2 Å². The minimum Gasteiger partial charge on any atom is -0.465 e. The lowest BCUT2D eigenvalue weighted by atomic mass is 9.88. The van der Waals surface area contributed by atoms with Crippen molar-refractivity contribution >= 4 is 17.6 Å². The predicted molar refractivity (Wildman–Crippen MR) is 84.4 cm³/mol. The second kappa shape index (κ2) is 6.28. The summed E-state index contributed by atoms with van der Waals surface area (Å²) in [6.07, 6.45) is 0. The van der Waals surface area contributed by atoms with Gasteiger partial charge in [0.1, 0.15) is 6.04 Å². The second-order valence-corrected chi connectivity index (χ2v) is 5.59. The van der Waals surface area contributed by atoms with Crippen LogP contribution in [0.2, 0.25) is 5.02 Å². The minimum atomic E-state index is -0.332. The van der Waals surface area contributed by atoms with E-state index in [0.717, 1.165) is 11.1 Å². The van der Waals surface area contributed by atoms with E-state index in [0.29, 0.717) is 17.1 Å². The summed E-state index contributed by atoms with van der Waals surface area (Å²) in [4.78, 5) is 11.5. The van der Waals surface area contributed by atoms with Gasteiger partial charge in [-0.3, -0.25) is 0 Å². The maximum atomic E-state index is 11.5. The molecule has 0 N–H and O–H groups in total. The third-order valence-electron chi connectivity index (χ3n) is 3.84. The number of azo groups is 1. The number of nitrogens with zero attached hydrogens (tertiary/aromatic N) is 2. The van der Waals surface area contributed by atoms with E-state index >= 15 is 0 Å². The van der Waals surface area contributed by atoms with Crippen molar-refractivity contribution in [2.75, 3.05) is 13.7 Å². The van der Waals surface area contributed by atoms with E-state index in [9.17, 15) is 4.79 Å². The molecule has 22 heavy (non-hydrogen) atoms. The molecule has 2 aromatic carbocycles. The molecule has 0 radical (unpaired) electrons. The van der Waals surface area contributed by atoms with Crippen LogP contribution in [0.25, 0.3) is 0 Å². The van der Waals surface area contributed by atoms with E-state index < -0.39 is 0 Å². The largest absolute Gasteiger partial charge is 0.465 e. The third kappa shape index (κ3) is 2.88. The summed E-state index contributed by atoms with van der Waals surface area (Å²) < 4.78 is 4.71.